The molecule has 0 amide bonds. The van der Waals surface area contributed by atoms with E-state index >= 15 is 0 Å². The molecule has 0 bridgehead atoms. The van der Waals surface area contributed by atoms with E-state index < -0.39 is 0 Å². The molecular weight excluding hydrogens is 392 g/mol. The molecule has 2 fully saturated rings. The number of benzene rings is 3. The van der Waals surface area contributed by atoms with Gasteiger partial charge in [0, 0.05) is 34.8 Å². The molecule has 3 nitrogen and oxygen atoms in total. The van der Waals surface area contributed by atoms with Gasteiger partial charge in [-0.05, 0) is 89.0 Å². The minimum atomic E-state index is 0.459. The van der Waals surface area contributed by atoms with Crippen molar-refractivity contribution >= 4 is 33.8 Å². The van der Waals surface area contributed by atoms with Gasteiger partial charge in [0.2, 0.25) is 0 Å². The second-order valence-corrected chi connectivity index (χ2v) is 9.69. The summed E-state index contributed by atoms with van der Waals surface area (Å²) >= 11 is 6.16. The van der Waals surface area contributed by atoms with E-state index in [-0.39, 0.29) is 0 Å². The molecule has 3 aromatic carbocycles. The average molecular weight is 415 g/mol. The third-order valence-electron chi connectivity index (χ3n) is 7.58. The van der Waals surface area contributed by atoms with Gasteiger partial charge in [-0.25, -0.2) is 0 Å². The Hall–Kier alpha value is -2.36. The van der Waals surface area contributed by atoms with Crippen LogP contribution >= 0.6 is 11.6 Å². The lowest BCUT2D eigenvalue weighted by Gasteiger charge is -2.22. The predicted molar refractivity (Wildman–Crippen MR) is 122 cm³/mol. The minimum absolute atomic E-state index is 0.459. The molecule has 1 aliphatic carbocycles. The van der Waals surface area contributed by atoms with Gasteiger partial charge in [-0.1, -0.05) is 24.1 Å². The smallest absolute Gasteiger partial charge is 0.129 e. The Morgan fingerprint density at radius 1 is 1.03 bits per heavy atom. The van der Waals surface area contributed by atoms with Crippen LogP contribution in [0.2, 0.25) is 5.02 Å². The fraction of sp³-hybridized carbons (Fsp3) is 0.346. The molecule has 30 heavy (non-hydrogen) atoms. The molecule has 7 rings (SSSR count). The largest absolute Gasteiger partial charge is 0.488 e. The van der Waals surface area contributed by atoms with Crippen LogP contribution in [0.25, 0.3) is 21.9 Å². The Bertz CT molecular complexity index is 1240. The minimum Gasteiger partial charge on any atom is -0.488 e. The van der Waals surface area contributed by atoms with Crippen molar-refractivity contribution in [2.75, 3.05) is 0 Å². The Labute approximate surface area is 181 Å². The molecule has 3 aliphatic heterocycles. The molecule has 3 aromatic rings. The number of halogens is 1. The van der Waals surface area contributed by atoms with E-state index in [0.29, 0.717) is 17.7 Å². The summed E-state index contributed by atoms with van der Waals surface area (Å²) < 4.78 is 6.02. The van der Waals surface area contributed by atoms with Gasteiger partial charge in [-0.2, -0.15) is 0 Å². The first-order chi connectivity index (χ1) is 14.7. The van der Waals surface area contributed by atoms with Gasteiger partial charge in [0.15, 0.2) is 0 Å². The highest BCUT2D eigenvalue weighted by molar-refractivity contribution is 6.30. The molecule has 4 heteroatoms. The lowest BCUT2D eigenvalue weighted by Crippen LogP contribution is -2.35. The normalized spacial score (nSPS) is 26.0. The molecule has 1 N–H and O–H groups in total. The van der Waals surface area contributed by atoms with Crippen LogP contribution in [0.4, 0.5) is 5.69 Å². The number of nitrogens with one attached hydrogen (secondary N) is 1. The highest BCUT2D eigenvalue weighted by Crippen LogP contribution is 2.44. The van der Waals surface area contributed by atoms with Crippen molar-refractivity contribution in [1.29, 1.82) is 0 Å². The van der Waals surface area contributed by atoms with Gasteiger partial charge < -0.3 is 10.1 Å². The maximum absolute atomic E-state index is 6.16. The first kappa shape index (κ1) is 17.3. The van der Waals surface area contributed by atoms with E-state index in [1.807, 2.05) is 12.1 Å². The monoisotopic (exact) mass is 414 g/mol. The number of hydrogen-bond donors (Lipinski definition) is 1. The molecule has 3 heterocycles. The maximum Gasteiger partial charge on any atom is 0.129 e. The third-order valence-corrected chi connectivity index (χ3v) is 7.82. The molecule has 4 aliphatic rings. The summed E-state index contributed by atoms with van der Waals surface area (Å²) in [6.45, 7) is 0.587. The topological polar surface area (TPSA) is 33.6 Å². The van der Waals surface area contributed by atoms with Crippen LogP contribution in [0.15, 0.2) is 47.5 Å². The average Bonchev–Trinajstić information content (AvgIpc) is 3.46. The zero-order valence-corrected chi connectivity index (χ0v) is 17.5. The fourth-order valence-corrected chi connectivity index (χ4v) is 6.26. The van der Waals surface area contributed by atoms with Crippen LogP contribution in [-0.4, -0.2) is 17.8 Å². The third kappa shape index (κ3) is 2.52. The van der Waals surface area contributed by atoms with E-state index in [1.165, 1.54) is 58.9 Å². The van der Waals surface area contributed by atoms with Gasteiger partial charge in [0.25, 0.3) is 0 Å². The Kier molecular flexibility index (Phi) is 3.65. The summed E-state index contributed by atoms with van der Waals surface area (Å²) in [4.78, 5) is 5.08. The van der Waals surface area contributed by atoms with Crippen LogP contribution in [0.1, 0.15) is 36.8 Å². The molecule has 0 spiro atoms. The summed E-state index contributed by atoms with van der Waals surface area (Å²) in [5.74, 6) is 1.73. The van der Waals surface area contributed by atoms with Crippen LogP contribution < -0.4 is 10.1 Å². The molecule has 0 radical (unpaired) electrons. The summed E-state index contributed by atoms with van der Waals surface area (Å²) in [5.41, 5.74) is 7.49. The first-order valence-electron chi connectivity index (χ1n) is 11.1. The number of fused-ring (bicyclic) bond motifs is 7. The lowest BCUT2D eigenvalue weighted by atomic mass is 9.90. The van der Waals surface area contributed by atoms with Gasteiger partial charge in [0.1, 0.15) is 12.4 Å². The van der Waals surface area contributed by atoms with E-state index in [0.717, 1.165) is 35.4 Å². The van der Waals surface area contributed by atoms with Crippen molar-refractivity contribution in [2.24, 2.45) is 10.9 Å². The second-order valence-electron chi connectivity index (χ2n) is 9.26. The van der Waals surface area contributed by atoms with Gasteiger partial charge in [0.05, 0.1) is 5.69 Å². The summed E-state index contributed by atoms with van der Waals surface area (Å²) in [7, 11) is 0. The molecule has 1 saturated carbocycles. The van der Waals surface area contributed by atoms with Crippen LogP contribution in [0.3, 0.4) is 0 Å². The Morgan fingerprint density at radius 2 is 2.00 bits per heavy atom. The quantitative estimate of drug-likeness (QED) is 0.513. The second kappa shape index (κ2) is 6.32. The number of rotatable bonds is 1. The van der Waals surface area contributed by atoms with Gasteiger partial charge >= 0.3 is 0 Å². The van der Waals surface area contributed by atoms with Crippen molar-refractivity contribution in [3.63, 3.8) is 0 Å². The SMILES string of the molecule is Clc1ccc2c(c1)OCc1cc3c4c(ccc3cc1-2)N=C(C1C[C@@H]2CCC[C@@H]2N1)C4. The summed E-state index contributed by atoms with van der Waals surface area (Å²) in [6, 6.07) is 16.2. The van der Waals surface area contributed by atoms with Crippen molar-refractivity contribution in [2.45, 2.75) is 50.8 Å². The van der Waals surface area contributed by atoms with E-state index in [4.69, 9.17) is 21.3 Å². The Morgan fingerprint density at radius 3 is 2.93 bits per heavy atom. The highest BCUT2D eigenvalue weighted by Gasteiger charge is 2.39. The Balaban J connectivity index is 1.27. The lowest BCUT2D eigenvalue weighted by molar-refractivity contribution is 0.302. The fourth-order valence-electron chi connectivity index (χ4n) is 6.10. The van der Waals surface area contributed by atoms with Crippen molar-refractivity contribution in [3.8, 4) is 16.9 Å². The van der Waals surface area contributed by atoms with E-state index in [9.17, 15) is 0 Å². The molecule has 3 atom stereocenters. The zero-order valence-electron chi connectivity index (χ0n) is 16.7. The van der Waals surface area contributed by atoms with Crippen molar-refractivity contribution in [1.82, 2.24) is 5.32 Å². The van der Waals surface area contributed by atoms with Gasteiger partial charge in [-0.3, -0.25) is 4.99 Å². The van der Waals surface area contributed by atoms with Crippen LogP contribution in [0, 0.1) is 5.92 Å². The van der Waals surface area contributed by atoms with E-state index in [2.05, 4.69) is 35.6 Å². The van der Waals surface area contributed by atoms with Crippen LogP contribution in [-0.2, 0) is 13.0 Å². The number of hydrogen-bond acceptors (Lipinski definition) is 3. The summed E-state index contributed by atoms with van der Waals surface area (Å²) in [5, 5.41) is 7.20. The van der Waals surface area contributed by atoms with Gasteiger partial charge in [-0.15, -0.1) is 0 Å². The van der Waals surface area contributed by atoms with E-state index in [1.54, 1.807) is 0 Å². The first-order valence-corrected chi connectivity index (χ1v) is 11.5. The zero-order chi connectivity index (χ0) is 19.8. The molecular formula is C26H23ClN2O. The highest BCUT2D eigenvalue weighted by atomic mass is 35.5. The molecule has 150 valence electrons. The maximum atomic E-state index is 6.16. The standard InChI is InChI=1S/C26H23ClN2O/c27-17-5-6-18-20-8-14-4-7-23-21(19(14)9-16(20)13-30-26(18)11-17)12-25(29-23)24-10-15-2-1-3-22(15)28-24/h4-9,11,15,22,24,28H,1-3,10,12-13H2/t15-,22-,24?/m0/s1. The summed E-state index contributed by atoms with van der Waals surface area (Å²) in [6.07, 6.45) is 6.34. The molecule has 1 unspecified atom stereocenters. The predicted octanol–water partition coefficient (Wildman–Crippen LogP) is 6.21. The van der Waals surface area contributed by atoms with Crippen LogP contribution in [0.5, 0.6) is 5.75 Å². The van der Waals surface area contributed by atoms with Crippen molar-refractivity contribution < 1.29 is 4.74 Å². The number of ether oxygens (including phenoxy) is 1. The number of nitrogens with zero attached hydrogens (tertiary/aromatic N) is 1. The number of aliphatic imine (C=N–C) groups is 1. The molecule has 0 aromatic heterocycles. The van der Waals surface area contributed by atoms with Crippen molar-refractivity contribution in [3.05, 3.63) is 58.6 Å². The molecule has 1 saturated heterocycles.